The summed E-state index contributed by atoms with van der Waals surface area (Å²) in [4.78, 5) is 3.38. The Morgan fingerprint density at radius 2 is 1.43 bits per heavy atom. The van der Waals surface area contributed by atoms with Crippen molar-refractivity contribution in [3.8, 4) is 5.75 Å². The van der Waals surface area contributed by atoms with Crippen molar-refractivity contribution in [1.29, 1.82) is 0 Å². The molecule has 1 aliphatic heterocycles. The first-order chi connectivity index (χ1) is 29.5. The van der Waals surface area contributed by atoms with Crippen LogP contribution >= 0.6 is 0 Å². The van der Waals surface area contributed by atoms with Gasteiger partial charge in [-0.1, -0.05) is 39.0 Å². The molecule has 2 aromatic rings. The highest BCUT2D eigenvalue weighted by atomic mass is 32.2. The van der Waals surface area contributed by atoms with Crippen molar-refractivity contribution in [3.05, 3.63) is 77.5 Å². The molecule has 0 amide bonds. The molecule has 0 radical (unpaired) electrons. The second kappa shape index (κ2) is 24.8. The van der Waals surface area contributed by atoms with E-state index in [0.29, 0.717) is 99.2 Å². The maximum absolute atomic E-state index is 12.2. The monoisotopic (exact) mass is 946 g/mol. The lowest BCUT2D eigenvalue weighted by atomic mass is 9.77. The SMILES string of the molecule is COCCOCCOCCOCCN(CCCS(=O)(=O)O)c1ccc(C(=C\CC(C)(C)C)/C=C/C=C2\N(CCCS(=O)(=O)O)c3ccc(S(=O)(=O)O)cc3C2(C)CCCO)c(O)c1. The molecule has 0 aliphatic carbocycles. The zero-order valence-electron chi connectivity index (χ0n) is 36.9. The number of aliphatic hydroxyl groups is 1. The maximum Gasteiger partial charge on any atom is 0.294 e. The number of ether oxygens (including phenoxy) is 4. The van der Waals surface area contributed by atoms with Gasteiger partial charge in [0.2, 0.25) is 0 Å². The van der Waals surface area contributed by atoms with Crippen LogP contribution in [0, 0.1) is 5.41 Å². The lowest BCUT2D eigenvalue weighted by Gasteiger charge is -2.30. The number of nitrogens with zero attached hydrogens (tertiary/aromatic N) is 2. The van der Waals surface area contributed by atoms with Crippen molar-refractivity contribution in [2.24, 2.45) is 5.41 Å². The molecule has 1 heterocycles. The average molecular weight is 947 g/mol. The number of aromatic hydroxyl groups is 1. The van der Waals surface area contributed by atoms with Gasteiger partial charge in [0.1, 0.15) is 5.75 Å². The molecule has 0 fully saturated rings. The summed E-state index contributed by atoms with van der Waals surface area (Å²) >= 11 is 0. The lowest BCUT2D eigenvalue weighted by molar-refractivity contribution is 0.00455. The maximum atomic E-state index is 12.2. The van der Waals surface area contributed by atoms with Gasteiger partial charge < -0.3 is 39.0 Å². The number of hydrogen-bond acceptors (Lipinski definition) is 14. The molecule has 17 nitrogen and oxygen atoms in total. The molecular weight excluding hydrogens is 881 g/mol. The van der Waals surface area contributed by atoms with Gasteiger partial charge in [0, 0.05) is 67.5 Å². The molecule has 63 heavy (non-hydrogen) atoms. The Morgan fingerprint density at radius 3 is 2.00 bits per heavy atom. The van der Waals surface area contributed by atoms with E-state index in [4.69, 9.17) is 18.9 Å². The summed E-state index contributed by atoms with van der Waals surface area (Å²) in [6.07, 6.45) is 8.86. The standard InChI is InChI=1S/C43H66N2O15S3/c1-42(2,3)18-16-34(37-14-12-35(32-40(37)47)44(19-8-30-61(48,49)50)21-23-58-26-27-60-29-28-59-25-24-57-5)10-6-11-41-43(4,17-7-22-46)38-33-36(63(54,55)56)13-15-39(38)45(41)20-9-31-62(51,52)53/h6,10-16,32-33,46-47H,7-9,17-31H2,1-5H3,(H,48,49,50)(H,51,52,53)(H,54,55,56)/b10-6+,34-16-,41-11-. The second-order valence-corrected chi connectivity index (χ2v) is 21.2. The Balaban J connectivity index is 1.98. The zero-order valence-corrected chi connectivity index (χ0v) is 39.4. The first kappa shape index (κ1) is 53.9. The van der Waals surface area contributed by atoms with Crippen molar-refractivity contribution >= 4 is 47.3 Å². The van der Waals surface area contributed by atoms with E-state index in [-0.39, 0.29) is 55.2 Å². The number of phenols is 1. The lowest BCUT2D eigenvalue weighted by Crippen LogP contribution is -2.30. The van der Waals surface area contributed by atoms with Crippen molar-refractivity contribution in [1.82, 2.24) is 0 Å². The number of benzene rings is 2. The Kier molecular flexibility index (Phi) is 21.2. The van der Waals surface area contributed by atoms with Crippen LogP contribution < -0.4 is 9.80 Å². The van der Waals surface area contributed by atoms with E-state index in [1.807, 2.05) is 35.0 Å². The van der Waals surface area contributed by atoms with Crippen LogP contribution in [0.5, 0.6) is 5.75 Å². The highest BCUT2D eigenvalue weighted by Crippen LogP contribution is 2.51. The van der Waals surface area contributed by atoms with Gasteiger partial charge >= 0.3 is 0 Å². The van der Waals surface area contributed by atoms with Crippen LogP contribution in [0.4, 0.5) is 11.4 Å². The van der Waals surface area contributed by atoms with Crippen molar-refractivity contribution in [3.63, 3.8) is 0 Å². The number of methoxy groups -OCH3 is 1. The molecule has 1 unspecified atom stereocenters. The van der Waals surface area contributed by atoms with Gasteiger partial charge in [-0.05, 0) is 92.0 Å². The van der Waals surface area contributed by atoms with Crippen molar-refractivity contribution < 1.29 is 68.1 Å². The summed E-state index contributed by atoms with van der Waals surface area (Å²) in [5.41, 5.74) is 2.49. The predicted molar refractivity (Wildman–Crippen MR) is 243 cm³/mol. The Morgan fingerprint density at radius 1 is 0.810 bits per heavy atom. The molecule has 1 atom stereocenters. The van der Waals surface area contributed by atoms with Gasteiger partial charge in [0.15, 0.2) is 0 Å². The smallest absolute Gasteiger partial charge is 0.294 e. The molecule has 2 aromatic carbocycles. The van der Waals surface area contributed by atoms with Crippen LogP contribution in [-0.4, -0.2) is 140 Å². The summed E-state index contributed by atoms with van der Waals surface area (Å²) in [5, 5.41) is 21.4. The Hall–Kier alpha value is -3.41. The molecular formula is C43H66N2O15S3. The molecule has 0 saturated carbocycles. The minimum Gasteiger partial charge on any atom is -0.507 e. The molecule has 0 saturated heterocycles. The second-order valence-electron chi connectivity index (χ2n) is 16.6. The fraction of sp³-hybridized carbons (Fsp3) is 0.581. The number of anilines is 2. The van der Waals surface area contributed by atoms with Gasteiger partial charge in [-0.3, -0.25) is 13.7 Å². The molecule has 0 aromatic heterocycles. The molecule has 356 valence electrons. The summed E-state index contributed by atoms with van der Waals surface area (Å²) < 4.78 is 121. The largest absolute Gasteiger partial charge is 0.507 e. The molecule has 1 aliphatic rings. The number of aliphatic hydroxyl groups excluding tert-OH is 1. The van der Waals surface area contributed by atoms with Crippen LogP contribution in [0.1, 0.15) is 70.9 Å². The average Bonchev–Trinajstić information content (AvgIpc) is 3.41. The molecule has 0 spiro atoms. The van der Waals surface area contributed by atoms with Gasteiger partial charge in [-0.2, -0.15) is 25.3 Å². The minimum absolute atomic E-state index is 0.0334. The fourth-order valence-electron chi connectivity index (χ4n) is 7.09. The number of hydrogen-bond donors (Lipinski definition) is 5. The van der Waals surface area contributed by atoms with Crippen molar-refractivity contribution in [2.45, 2.75) is 70.1 Å². The number of rotatable bonds is 29. The summed E-state index contributed by atoms with van der Waals surface area (Å²) in [6.45, 7) is 11.4. The number of allylic oxidation sites excluding steroid dienone is 6. The molecule has 0 bridgehead atoms. The van der Waals surface area contributed by atoms with E-state index in [9.17, 15) is 49.1 Å². The van der Waals surface area contributed by atoms with E-state index >= 15 is 0 Å². The third-order valence-corrected chi connectivity index (χ3v) is 12.7. The van der Waals surface area contributed by atoms with Gasteiger partial charge in [0.05, 0.1) is 62.6 Å². The third-order valence-electron chi connectivity index (χ3n) is 10.3. The summed E-state index contributed by atoms with van der Waals surface area (Å²) in [6, 6.07) is 9.32. The molecule has 3 rings (SSSR count). The predicted octanol–water partition coefficient (Wildman–Crippen LogP) is 5.51. The minimum atomic E-state index is -4.58. The van der Waals surface area contributed by atoms with Crippen LogP contribution in [-0.2, 0) is 54.7 Å². The van der Waals surface area contributed by atoms with Gasteiger partial charge in [-0.25, -0.2) is 0 Å². The van der Waals surface area contributed by atoms with Gasteiger partial charge in [-0.15, -0.1) is 0 Å². The fourth-order valence-corrected chi connectivity index (χ4v) is 8.58. The van der Waals surface area contributed by atoms with Crippen LogP contribution in [0.15, 0.2) is 71.3 Å². The third kappa shape index (κ3) is 18.5. The highest BCUT2D eigenvalue weighted by Gasteiger charge is 2.43. The van der Waals surface area contributed by atoms with E-state index in [1.54, 1.807) is 37.5 Å². The quantitative estimate of drug-likeness (QED) is 0.0383. The number of fused-ring (bicyclic) bond motifs is 1. The zero-order chi connectivity index (χ0) is 46.9. The van der Waals surface area contributed by atoms with Gasteiger partial charge in [0.25, 0.3) is 30.4 Å². The first-order valence-corrected chi connectivity index (χ1v) is 25.5. The Bertz CT molecular complexity index is 2200. The van der Waals surface area contributed by atoms with Crippen molar-refractivity contribution in [2.75, 3.05) is 101 Å². The van der Waals surface area contributed by atoms with E-state index < -0.39 is 47.3 Å². The van der Waals surface area contributed by atoms with Crippen LogP contribution in [0.3, 0.4) is 0 Å². The topological polar surface area (TPSA) is 247 Å². The molecule has 20 heteroatoms. The highest BCUT2D eigenvalue weighted by molar-refractivity contribution is 7.86. The first-order valence-electron chi connectivity index (χ1n) is 20.8. The molecule has 5 N–H and O–H groups in total. The summed E-state index contributed by atoms with van der Waals surface area (Å²) in [7, 11) is -11.5. The summed E-state index contributed by atoms with van der Waals surface area (Å²) in [5.74, 6) is -1.02. The van der Waals surface area contributed by atoms with Crippen LogP contribution in [0.25, 0.3) is 5.57 Å². The van der Waals surface area contributed by atoms with E-state index in [0.717, 1.165) is 0 Å². The van der Waals surface area contributed by atoms with E-state index in [2.05, 4.69) is 20.8 Å². The van der Waals surface area contributed by atoms with Crippen LogP contribution in [0.2, 0.25) is 0 Å². The number of phenolic OH excluding ortho intramolecular Hbond substituents is 1. The van der Waals surface area contributed by atoms with E-state index in [1.165, 1.54) is 12.1 Å². The Labute approximate surface area is 373 Å². The normalized spacial score (nSPS) is 17.0.